The van der Waals surface area contributed by atoms with Crippen LogP contribution in [0.2, 0.25) is 0 Å². The number of rotatable bonds is 5. The normalized spacial score (nSPS) is 12.0. The summed E-state index contributed by atoms with van der Waals surface area (Å²) in [6, 6.07) is 12.6. The average Bonchev–Trinajstić information content (AvgIpc) is 3.06. The monoisotopic (exact) mass is 369 g/mol. The maximum atomic E-state index is 12.5. The minimum absolute atomic E-state index is 0.0634. The Morgan fingerprint density at radius 2 is 1.81 bits per heavy atom. The Bertz CT molecular complexity index is 919. The van der Waals surface area contributed by atoms with Gasteiger partial charge in [-0.2, -0.15) is 0 Å². The third kappa shape index (κ3) is 3.88. The van der Waals surface area contributed by atoms with Crippen molar-refractivity contribution >= 4 is 23.4 Å². The molecule has 2 aromatic carbocycles. The van der Waals surface area contributed by atoms with Gasteiger partial charge >= 0.3 is 0 Å². The number of nitrogens with zero attached hydrogens (tertiary/aromatic N) is 2. The van der Waals surface area contributed by atoms with Crippen molar-refractivity contribution in [1.82, 2.24) is 10.2 Å². The number of aromatic hydroxyl groups is 1. The van der Waals surface area contributed by atoms with Gasteiger partial charge < -0.3 is 14.8 Å². The SMILES string of the molecule is Cc1cccc(C)c1NC(=O)[C@H](C)Sc1nnc(-c2ccccc2O)o1. The lowest BCUT2D eigenvalue weighted by Crippen LogP contribution is -2.23. The van der Waals surface area contributed by atoms with E-state index in [1.54, 1.807) is 31.2 Å². The average molecular weight is 369 g/mol. The van der Waals surface area contributed by atoms with Gasteiger partial charge in [0.05, 0.1) is 10.8 Å². The summed E-state index contributed by atoms with van der Waals surface area (Å²) in [6.45, 7) is 5.69. The molecular formula is C19H19N3O3S. The van der Waals surface area contributed by atoms with Crippen LogP contribution in [0.15, 0.2) is 52.1 Å². The number of nitrogens with one attached hydrogen (secondary N) is 1. The van der Waals surface area contributed by atoms with Gasteiger partial charge in [-0.25, -0.2) is 0 Å². The van der Waals surface area contributed by atoms with Gasteiger partial charge in [-0.05, 0) is 44.0 Å². The molecule has 1 amide bonds. The zero-order valence-corrected chi connectivity index (χ0v) is 15.5. The number of thioether (sulfide) groups is 1. The molecule has 3 aromatic rings. The van der Waals surface area contributed by atoms with Crippen molar-refractivity contribution in [3.05, 3.63) is 53.6 Å². The van der Waals surface area contributed by atoms with Crippen LogP contribution in [-0.4, -0.2) is 26.5 Å². The molecule has 0 spiro atoms. The fourth-order valence-electron chi connectivity index (χ4n) is 2.46. The van der Waals surface area contributed by atoms with Crippen LogP contribution >= 0.6 is 11.8 Å². The Morgan fingerprint density at radius 3 is 2.50 bits per heavy atom. The molecule has 0 bridgehead atoms. The van der Waals surface area contributed by atoms with Gasteiger partial charge in [0.2, 0.25) is 5.91 Å². The predicted octanol–water partition coefficient (Wildman–Crippen LogP) is 4.18. The molecule has 0 unspecified atom stereocenters. The van der Waals surface area contributed by atoms with Crippen molar-refractivity contribution in [3.8, 4) is 17.2 Å². The topological polar surface area (TPSA) is 88.2 Å². The highest BCUT2D eigenvalue weighted by Gasteiger charge is 2.20. The van der Waals surface area contributed by atoms with Crippen LogP contribution in [0.5, 0.6) is 5.75 Å². The van der Waals surface area contributed by atoms with Crippen LogP contribution in [0.25, 0.3) is 11.5 Å². The molecule has 0 radical (unpaired) electrons. The van der Waals surface area contributed by atoms with E-state index in [1.165, 1.54) is 11.8 Å². The molecule has 0 aliphatic carbocycles. The van der Waals surface area contributed by atoms with Gasteiger partial charge in [0.15, 0.2) is 0 Å². The molecular weight excluding hydrogens is 350 g/mol. The lowest BCUT2D eigenvalue weighted by Gasteiger charge is -2.14. The lowest BCUT2D eigenvalue weighted by molar-refractivity contribution is -0.115. The van der Waals surface area contributed by atoms with Crippen molar-refractivity contribution in [3.63, 3.8) is 0 Å². The van der Waals surface area contributed by atoms with Gasteiger partial charge in [0, 0.05) is 5.69 Å². The van der Waals surface area contributed by atoms with Gasteiger partial charge in [-0.1, -0.05) is 42.1 Å². The quantitative estimate of drug-likeness (QED) is 0.656. The summed E-state index contributed by atoms with van der Waals surface area (Å²) in [5.41, 5.74) is 3.30. The van der Waals surface area contributed by atoms with Crippen molar-refractivity contribution in [2.24, 2.45) is 0 Å². The zero-order valence-electron chi connectivity index (χ0n) is 14.7. The largest absolute Gasteiger partial charge is 0.507 e. The lowest BCUT2D eigenvalue weighted by atomic mass is 10.1. The number of hydrogen-bond acceptors (Lipinski definition) is 6. The number of carbonyl (C=O) groups excluding carboxylic acids is 1. The summed E-state index contributed by atoms with van der Waals surface area (Å²) in [4.78, 5) is 12.5. The number of amides is 1. The molecule has 0 saturated carbocycles. The minimum atomic E-state index is -0.424. The van der Waals surface area contributed by atoms with Crippen LogP contribution < -0.4 is 5.32 Å². The summed E-state index contributed by atoms with van der Waals surface area (Å²) < 4.78 is 5.57. The van der Waals surface area contributed by atoms with Crippen LogP contribution in [-0.2, 0) is 4.79 Å². The molecule has 7 heteroatoms. The molecule has 134 valence electrons. The number of phenolic OH excluding ortho intramolecular Hbond substituents is 1. The number of aryl methyl sites for hydroxylation is 2. The number of hydrogen-bond donors (Lipinski definition) is 2. The molecule has 0 saturated heterocycles. The Balaban J connectivity index is 1.69. The number of anilines is 1. The summed E-state index contributed by atoms with van der Waals surface area (Å²) in [7, 11) is 0. The number of phenols is 1. The van der Waals surface area contributed by atoms with E-state index in [2.05, 4.69) is 15.5 Å². The van der Waals surface area contributed by atoms with Gasteiger partial charge in [0.1, 0.15) is 5.75 Å². The molecule has 2 N–H and O–H groups in total. The first-order valence-corrected chi connectivity index (χ1v) is 8.99. The second kappa shape index (κ2) is 7.61. The van der Waals surface area contributed by atoms with Crippen LogP contribution in [0.3, 0.4) is 0 Å². The highest BCUT2D eigenvalue weighted by molar-refractivity contribution is 8.00. The standard InChI is InChI=1S/C19H19N3O3S/c1-11-7-6-8-12(2)16(11)20-17(24)13(3)26-19-22-21-18(25-19)14-9-4-5-10-15(14)23/h4-10,13,23H,1-3H3,(H,20,24)/t13-/m0/s1. The first-order valence-electron chi connectivity index (χ1n) is 8.11. The maximum Gasteiger partial charge on any atom is 0.277 e. The Labute approximate surface area is 155 Å². The summed E-state index contributed by atoms with van der Waals surface area (Å²) >= 11 is 1.17. The number of aromatic nitrogens is 2. The van der Waals surface area contributed by atoms with Gasteiger partial charge in [0.25, 0.3) is 11.1 Å². The molecule has 3 rings (SSSR count). The van der Waals surface area contributed by atoms with E-state index < -0.39 is 5.25 Å². The predicted molar refractivity (Wildman–Crippen MR) is 101 cm³/mol. The highest BCUT2D eigenvalue weighted by Crippen LogP contribution is 2.31. The van der Waals surface area contributed by atoms with Crippen molar-refractivity contribution in [1.29, 1.82) is 0 Å². The first-order chi connectivity index (χ1) is 12.5. The fraction of sp³-hybridized carbons (Fsp3) is 0.211. The number of carbonyl (C=O) groups is 1. The summed E-state index contributed by atoms with van der Waals surface area (Å²) in [6.07, 6.45) is 0. The molecule has 1 heterocycles. The van der Waals surface area contributed by atoms with E-state index in [-0.39, 0.29) is 22.8 Å². The Kier molecular flexibility index (Phi) is 5.27. The third-order valence-corrected chi connectivity index (χ3v) is 4.85. The summed E-state index contributed by atoms with van der Waals surface area (Å²) in [5.74, 6) is 0.135. The van der Waals surface area contributed by atoms with Crippen molar-refractivity contribution in [2.45, 2.75) is 31.2 Å². The zero-order chi connectivity index (χ0) is 18.7. The fourth-order valence-corrected chi connectivity index (χ4v) is 3.15. The highest BCUT2D eigenvalue weighted by atomic mass is 32.2. The van der Waals surface area contributed by atoms with E-state index in [0.29, 0.717) is 5.56 Å². The number of para-hydroxylation sites is 2. The van der Waals surface area contributed by atoms with Crippen molar-refractivity contribution < 1.29 is 14.3 Å². The van der Waals surface area contributed by atoms with Gasteiger partial charge in [-0.15, -0.1) is 10.2 Å². The second-order valence-electron chi connectivity index (χ2n) is 5.91. The van der Waals surface area contributed by atoms with Crippen LogP contribution in [0, 0.1) is 13.8 Å². The van der Waals surface area contributed by atoms with E-state index in [0.717, 1.165) is 16.8 Å². The van der Waals surface area contributed by atoms with E-state index >= 15 is 0 Å². The minimum Gasteiger partial charge on any atom is -0.507 e. The Morgan fingerprint density at radius 1 is 1.12 bits per heavy atom. The molecule has 1 atom stereocenters. The molecule has 1 aromatic heterocycles. The second-order valence-corrected chi connectivity index (χ2v) is 7.20. The maximum absolute atomic E-state index is 12.5. The van der Waals surface area contributed by atoms with Crippen LogP contribution in [0.1, 0.15) is 18.1 Å². The number of benzene rings is 2. The van der Waals surface area contributed by atoms with E-state index in [9.17, 15) is 9.90 Å². The Hall–Kier alpha value is -2.80. The van der Waals surface area contributed by atoms with Crippen LogP contribution in [0.4, 0.5) is 5.69 Å². The van der Waals surface area contributed by atoms with E-state index in [1.807, 2.05) is 32.0 Å². The molecule has 0 aliphatic rings. The molecule has 0 aliphatic heterocycles. The first kappa shape index (κ1) is 18.0. The molecule has 6 nitrogen and oxygen atoms in total. The van der Waals surface area contributed by atoms with Crippen molar-refractivity contribution in [2.75, 3.05) is 5.32 Å². The smallest absolute Gasteiger partial charge is 0.277 e. The van der Waals surface area contributed by atoms with Gasteiger partial charge in [-0.3, -0.25) is 4.79 Å². The molecule has 0 fully saturated rings. The summed E-state index contributed by atoms with van der Waals surface area (Å²) in [5, 5.41) is 20.6. The molecule has 26 heavy (non-hydrogen) atoms. The van der Waals surface area contributed by atoms with E-state index in [4.69, 9.17) is 4.42 Å². The third-order valence-electron chi connectivity index (χ3n) is 3.92.